The van der Waals surface area contributed by atoms with Gasteiger partial charge in [-0.15, -0.1) is 0 Å². The number of rotatable bonds is 10. The number of carbonyl (C=O) groups is 1. The van der Waals surface area contributed by atoms with Gasteiger partial charge in [-0.05, 0) is 43.0 Å². The summed E-state index contributed by atoms with van der Waals surface area (Å²) in [5.74, 6) is 0. The number of alkyl carbamates (subject to hydrolysis) is 1. The summed E-state index contributed by atoms with van der Waals surface area (Å²) >= 11 is 0. The molecule has 0 aliphatic rings. The summed E-state index contributed by atoms with van der Waals surface area (Å²) in [6.07, 6.45) is 8.10. The van der Waals surface area contributed by atoms with Crippen molar-refractivity contribution in [2.24, 2.45) is 0 Å². The van der Waals surface area contributed by atoms with Crippen LogP contribution in [-0.4, -0.2) is 12.2 Å². The highest BCUT2D eigenvalue weighted by atomic mass is 16.6. The van der Waals surface area contributed by atoms with E-state index in [9.17, 15) is 4.79 Å². The third-order valence-electron chi connectivity index (χ3n) is 4.90. The van der Waals surface area contributed by atoms with E-state index in [1.807, 2.05) is 32.0 Å². The van der Waals surface area contributed by atoms with Gasteiger partial charge in [-0.1, -0.05) is 81.5 Å². The summed E-state index contributed by atoms with van der Waals surface area (Å²) in [5, 5.41) is 5.33. The van der Waals surface area contributed by atoms with Crippen LogP contribution in [0.25, 0.3) is 10.8 Å². The molecular weight excluding hydrogens is 322 g/mol. The second kappa shape index (κ2) is 10.8. The van der Waals surface area contributed by atoms with Gasteiger partial charge >= 0.3 is 6.09 Å². The number of hydrogen-bond acceptors (Lipinski definition) is 2. The Hall–Kier alpha value is -2.03. The molecule has 26 heavy (non-hydrogen) atoms. The zero-order chi connectivity index (χ0) is 18.8. The van der Waals surface area contributed by atoms with Crippen LogP contribution in [0.3, 0.4) is 0 Å². The molecule has 0 saturated carbocycles. The van der Waals surface area contributed by atoms with Gasteiger partial charge < -0.3 is 10.1 Å². The highest BCUT2D eigenvalue weighted by Gasteiger charge is 2.15. The number of nitrogens with one attached hydrogen (secondary N) is 1. The van der Waals surface area contributed by atoms with Crippen LogP contribution < -0.4 is 5.32 Å². The van der Waals surface area contributed by atoms with E-state index in [-0.39, 0.29) is 18.2 Å². The van der Waals surface area contributed by atoms with E-state index in [0.717, 1.165) is 18.4 Å². The van der Waals surface area contributed by atoms with Crippen LogP contribution in [0.4, 0.5) is 4.79 Å². The Morgan fingerprint density at radius 1 is 0.962 bits per heavy atom. The van der Waals surface area contributed by atoms with Crippen molar-refractivity contribution in [3.05, 3.63) is 48.0 Å². The monoisotopic (exact) mass is 355 g/mol. The largest absolute Gasteiger partial charge is 0.447 e. The van der Waals surface area contributed by atoms with Gasteiger partial charge in [0.05, 0.1) is 6.04 Å². The second-order valence-electron chi connectivity index (χ2n) is 7.21. The minimum Gasteiger partial charge on any atom is -0.447 e. The summed E-state index contributed by atoms with van der Waals surface area (Å²) in [5.41, 5.74) is 1.11. The van der Waals surface area contributed by atoms with E-state index in [4.69, 9.17) is 4.74 Å². The maximum atomic E-state index is 12.2. The molecule has 0 fully saturated rings. The molecule has 142 valence electrons. The van der Waals surface area contributed by atoms with Gasteiger partial charge in [-0.2, -0.15) is 0 Å². The molecule has 3 nitrogen and oxygen atoms in total. The number of hydrogen-bond donors (Lipinski definition) is 1. The zero-order valence-electron chi connectivity index (χ0n) is 16.5. The molecule has 2 rings (SSSR count). The van der Waals surface area contributed by atoms with Crippen molar-refractivity contribution in [3.8, 4) is 0 Å². The number of amides is 1. The topological polar surface area (TPSA) is 38.3 Å². The summed E-state index contributed by atoms with van der Waals surface area (Å²) < 4.78 is 5.53. The van der Waals surface area contributed by atoms with Crippen LogP contribution in [0, 0.1) is 0 Å². The average Bonchev–Trinajstić information content (AvgIpc) is 2.63. The fraction of sp³-hybridized carbons (Fsp3) is 0.522. The smallest absolute Gasteiger partial charge is 0.407 e. The van der Waals surface area contributed by atoms with Crippen LogP contribution in [0.15, 0.2) is 42.5 Å². The Kier molecular flexibility index (Phi) is 8.46. The molecule has 0 radical (unpaired) electrons. The van der Waals surface area contributed by atoms with Crippen molar-refractivity contribution >= 4 is 16.9 Å². The molecule has 0 heterocycles. The third-order valence-corrected chi connectivity index (χ3v) is 4.90. The number of carbonyl (C=O) groups excluding carboxylic acids is 1. The van der Waals surface area contributed by atoms with E-state index in [2.05, 4.69) is 36.5 Å². The minimum absolute atomic E-state index is 0.0408. The van der Waals surface area contributed by atoms with E-state index in [0.29, 0.717) is 0 Å². The Balaban J connectivity index is 1.78. The van der Waals surface area contributed by atoms with Crippen LogP contribution in [0.1, 0.15) is 77.3 Å². The van der Waals surface area contributed by atoms with Crippen molar-refractivity contribution in [1.82, 2.24) is 5.32 Å². The Morgan fingerprint density at radius 3 is 2.46 bits per heavy atom. The summed E-state index contributed by atoms with van der Waals surface area (Å²) in [7, 11) is 0. The summed E-state index contributed by atoms with van der Waals surface area (Å²) in [6.45, 7) is 6.21. The normalized spacial score (nSPS) is 13.3. The van der Waals surface area contributed by atoms with Crippen molar-refractivity contribution < 1.29 is 9.53 Å². The third kappa shape index (κ3) is 6.36. The van der Waals surface area contributed by atoms with Crippen LogP contribution in [0.2, 0.25) is 0 Å². The first kappa shape index (κ1) is 20.3. The highest BCUT2D eigenvalue weighted by Crippen LogP contribution is 2.24. The fourth-order valence-corrected chi connectivity index (χ4v) is 3.37. The van der Waals surface area contributed by atoms with E-state index >= 15 is 0 Å². The van der Waals surface area contributed by atoms with Gasteiger partial charge in [0.2, 0.25) is 0 Å². The molecule has 3 heteroatoms. The maximum absolute atomic E-state index is 12.2. The standard InChI is InChI=1S/C23H33NO2/c1-4-5-6-7-8-9-13-18(2)26-23(25)24-19(3)21-17-12-15-20-14-10-11-16-22(20)21/h10-12,14-19H,4-9,13H2,1-3H3,(H,24,25). The summed E-state index contributed by atoms with van der Waals surface area (Å²) in [4.78, 5) is 12.2. The first-order valence-electron chi connectivity index (χ1n) is 10.1. The SMILES string of the molecule is CCCCCCCCC(C)OC(=O)NC(C)c1cccc2ccccc12. The number of benzene rings is 2. The van der Waals surface area contributed by atoms with Crippen LogP contribution >= 0.6 is 0 Å². The van der Waals surface area contributed by atoms with Crippen LogP contribution in [0.5, 0.6) is 0 Å². The van der Waals surface area contributed by atoms with Gasteiger partial charge in [-0.3, -0.25) is 0 Å². The van der Waals surface area contributed by atoms with E-state index in [1.54, 1.807) is 0 Å². The molecule has 2 atom stereocenters. The van der Waals surface area contributed by atoms with Gasteiger partial charge in [0, 0.05) is 0 Å². The molecule has 0 aliphatic heterocycles. The summed E-state index contributed by atoms with van der Waals surface area (Å²) in [6, 6.07) is 14.3. The molecule has 2 unspecified atom stereocenters. The second-order valence-corrected chi connectivity index (χ2v) is 7.21. The van der Waals surface area contributed by atoms with E-state index in [1.165, 1.54) is 42.9 Å². The molecule has 2 aromatic rings. The Bertz CT molecular complexity index is 677. The number of fused-ring (bicyclic) bond motifs is 1. The van der Waals surface area contributed by atoms with Crippen molar-refractivity contribution in [1.29, 1.82) is 0 Å². The molecule has 0 bridgehead atoms. The first-order valence-corrected chi connectivity index (χ1v) is 10.1. The molecule has 0 aliphatic carbocycles. The van der Waals surface area contributed by atoms with Gasteiger partial charge in [0.25, 0.3) is 0 Å². The van der Waals surface area contributed by atoms with E-state index < -0.39 is 0 Å². The lowest BCUT2D eigenvalue weighted by Gasteiger charge is -2.19. The van der Waals surface area contributed by atoms with Crippen molar-refractivity contribution in [2.75, 3.05) is 0 Å². The Morgan fingerprint density at radius 2 is 1.65 bits per heavy atom. The Labute approximate surface area is 158 Å². The lowest BCUT2D eigenvalue weighted by Crippen LogP contribution is -2.30. The predicted molar refractivity (Wildman–Crippen MR) is 109 cm³/mol. The number of unbranched alkanes of at least 4 members (excludes halogenated alkanes) is 5. The van der Waals surface area contributed by atoms with Gasteiger partial charge in [-0.25, -0.2) is 4.79 Å². The molecule has 0 aromatic heterocycles. The average molecular weight is 356 g/mol. The minimum atomic E-state index is -0.330. The molecule has 0 saturated heterocycles. The van der Waals surface area contributed by atoms with Crippen molar-refractivity contribution in [3.63, 3.8) is 0 Å². The molecule has 1 N–H and O–H groups in total. The molecule has 2 aromatic carbocycles. The van der Waals surface area contributed by atoms with Gasteiger partial charge in [0.1, 0.15) is 6.10 Å². The zero-order valence-corrected chi connectivity index (χ0v) is 16.5. The quantitative estimate of drug-likeness (QED) is 0.478. The highest BCUT2D eigenvalue weighted by molar-refractivity contribution is 5.86. The lowest BCUT2D eigenvalue weighted by molar-refractivity contribution is 0.0981. The molecule has 0 spiro atoms. The predicted octanol–water partition coefficient (Wildman–Crippen LogP) is 6.77. The first-order chi connectivity index (χ1) is 12.6. The maximum Gasteiger partial charge on any atom is 0.407 e. The molecular formula is C23H33NO2. The fourth-order valence-electron chi connectivity index (χ4n) is 3.37. The lowest BCUT2D eigenvalue weighted by atomic mass is 10.00. The van der Waals surface area contributed by atoms with Crippen LogP contribution in [-0.2, 0) is 4.74 Å². The molecule has 1 amide bonds. The number of ether oxygens (including phenoxy) is 1. The van der Waals surface area contributed by atoms with Crippen molar-refractivity contribution in [2.45, 2.75) is 77.9 Å². The van der Waals surface area contributed by atoms with Gasteiger partial charge in [0.15, 0.2) is 0 Å².